The molecule has 1 aliphatic rings. The number of halogens is 2. The van der Waals surface area contributed by atoms with Gasteiger partial charge in [-0.3, -0.25) is 4.79 Å². The number of nitrogens with zero attached hydrogens (tertiary/aromatic N) is 3. The highest BCUT2D eigenvalue weighted by atomic mass is 35.5. The minimum atomic E-state index is -0.226. The minimum Gasteiger partial charge on any atom is -0.300 e. The van der Waals surface area contributed by atoms with E-state index in [2.05, 4.69) is 20.5 Å². The maximum Gasteiger partial charge on any atom is 0.264 e. The Morgan fingerprint density at radius 2 is 2.14 bits per heavy atom. The van der Waals surface area contributed by atoms with E-state index in [0.29, 0.717) is 25.2 Å². The highest BCUT2D eigenvalue weighted by Gasteiger charge is 2.24. The highest BCUT2D eigenvalue weighted by molar-refractivity contribution is 8.18. The number of aliphatic imine (C=N–C) groups is 1. The third kappa shape index (κ3) is 3.49. The van der Waals surface area contributed by atoms with E-state index in [9.17, 15) is 4.79 Å². The molecule has 5 nitrogen and oxygen atoms in total. The van der Waals surface area contributed by atoms with Crippen molar-refractivity contribution in [3.63, 3.8) is 0 Å². The van der Waals surface area contributed by atoms with Gasteiger partial charge in [-0.2, -0.15) is 4.99 Å². The fourth-order valence-corrected chi connectivity index (χ4v) is 3.56. The Bertz CT molecular complexity index is 816. The molecule has 1 saturated heterocycles. The van der Waals surface area contributed by atoms with Crippen LogP contribution in [0.3, 0.4) is 0 Å². The molecule has 22 heavy (non-hydrogen) atoms. The molecule has 1 aromatic heterocycles. The van der Waals surface area contributed by atoms with Crippen LogP contribution in [0.4, 0.5) is 5.13 Å². The third-order valence-corrected chi connectivity index (χ3v) is 4.82. The van der Waals surface area contributed by atoms with Crippen molar-refractivity contribution < 1.29 is 4.79 Å². The first-order chi connectivity index (χ1) is 10.5. The molecule has 0 saturated carbocycles. The summed E-state index contributed by atoms with van der Waals surface area (Å²) in [5, 5.41) is 13.3. The number of hydrogen-bond acceptors (Lipinski definition) is 6. The van der Waals surface area contributed by atoms with Crippen molar-refractivity contribution in [1.82, 2.24) is 15.5 Å². The second-order valence-electron chi connectivity index (χ2n) is 4.25. The van der Waals surface area contributed by atoms with E-state index >= 15 is 0 Å². The zero-order chi connectivity index (χ0) is 15.7. The van der Waals surface area contributed by atoms with E-state index in [1.807, 2.05) is 6.92 Å². The standard InChI is InChI=1S/C13H8Cl2N4OS2/c1-6-18-19-13(21-6)17-12-16-11(20)10(22-12)4-7-2-3-8(14)5-9(7)15/h2-5H,1H3,(H,16,17,19,20)/b10-4-. The van der Waals surface area contributed by atoms with Crippen molar-refractivity contribution in [2.24, 2.45) is 4.99 Å². The van der Waals surface area contributed by atoms with Crippen molar-refractivity contribution in [1.29, 1.82) is 0 Å². The molecule has 9 heteroatoms. The lowest BCUT2D eigenvalue weighted by Crippen LogP contribution is -2.19. The lowest BCUT2D eigenvalue weighted by atomic mass is 10.2. The van der Waals surface area contributed by atoms with Crippen LogP contribution in [0.5, 0.6) is 0 Å². The normalized spacial score (nSPS) is 18.2. The summed E-state index contributed by atoms with van der Waals surface area (Å²) in [5.74, 6) is -0.226. The van der Waals surface area contributed by atoms with Crippen molar-refractivity contribution >= 4 is 68.6 Å². The molecule has 0 aliphatic carbocycles. The maximum atomic E-state index is 12.0. The van der Waals surface area contributed by atoms with Gasteiger partial charge in [0, 0.05) is 10.0 Å². The average Bonchev–Trinajstić information content (AvgIpc) is 3.00. The molecule has 0 atom stereocenters. The van der Waals surface area contributed by atoms with Gasteiger partial charge in [0.25, 0.3) is 5.91 Å². The molecule has 112 valence electrons. The number of rotatable bonds is 2. The summed E-state index contributed by atoms with van der Waals surface area (Å²) in [5.41, 5.74) is 0.719. The van der Waals surface area contributed by atoms with Crippen LogP contribution in [0, 0.1) is 6.92 Å². The predicted molar refractivity (Wildman–Crippen MR) is 91.9 cm³/mol. The topological polar surface area (TPSA) is 67.2 Å². The van der Waals surface area contributed by atoms with Gasteiger partial charge in [-0.15, -0.1) is 10.2 Å². The second-order valence-corrected chi connectivity index (χ2v) is 7.29. The number of carbonyl (C=O) groups excluding carboxylic acids is 1. The Labute approximate surface area is 144 Å². The molecular formula is C13H8Cl2N4OS2. The Hall–Kier alpha value is -1.41. The quantitative estimate of drug-likeness (QED) is 0.809. The zero-order valence-electron chi connectivity index (χ0n) is 11.1. The van der Waals surface area contributed by atoms with Gasteiger partial charge < -0.3 is 5.32 Å². The second kappa shape index (κ2) is 6.37. The molecule has 2 aromatic rings. The molecule has 1 amide bonds. The van der Waals surface area contributed by atoms with E-state index in [-0.39, 0.29) is 5.91 Å². The van der Waals surface area contributed by atoms with Crippen LogP contribution < -0.4 is 5.32 Å². The third-order valence-electron chi connectivity index (χ3n) is 2.61. The van der Waals surface area contributed by atoms with E-state index in [4.69, 9.17) is 23.2 Å². The first-order valence-corrected chi connectivity index (χ1v) is 8.45. The average molecular weight is 371 g/mol. The summed E-state index contributed by atoms with van der Waals surface area (Å²) in [6.07, 6.45) is 1.70. The lowest BCUT2D eigenvalue weighted by molar-refractivity contribution is -0.115. The largest absolute Gasteiger partial charge is 0.300 e. The van der Waals surface area contributed by atoms with Gasteiger partial charge in [0.1, 0.15) is 5.01 Å². The first kappa shape index (κ1) is 15.5. The van der Waals surface area contributed by atoms with Crippen molar-refractivity contribution in [2.75, 3.05) is 0 Å². The monoisotopic (exact) mass is 370 g/mol. The fourth-order valence-electron chi connectivity index (χ4n) is 1.66. The SMILES string of the molecule is Cc1nnc(/N=C2\NC(=O)/C(=C/c3ccc(Cl)cc3Cl)S2)s1. The van der Waals surface area contributed by atoms with Gasteiger partial charge in [0.05, 0.1) is 4.91 Å². The Morgan fingerprint density at radius 3 is 2.82 bits per heavy atom. The summed E-state index contributed by atoms with van der Waals surface area (Å²) in [6.45, 7) is 1.84. The minimum absolute atomic E-state index is 0.226. The summed E-state index contributed by atoms with van der Waals surface area (Å²) in [6, 6.07) is 5.11. The number of amidine groups is 1. The molecule has 1 aromatic carbocycles. The van der Waals surface area contributed by atoms with Crippen LogP contribution in [0.1, 0.15) is 10.6 Å². The summed E-state index contributed by atoms with van der Waals surface area (Å²) in [4.78, 5) is 16.7. The maximum absolute atomic E-state index is 12.0. The predicted octanol–water partition coefficient (Wildman–Crippen LogP) is 4.04. The number of amides is 1. The van der Waals surface area contributed by atoms with Gasteiger partial charge in [0.2, 0.25) is 5.13 Å². The van der Waals surface area contributed by atoms with Crippen LogP contribution in [-0.4, -0.2) is 21.3 Å². The van der Waals surface area contributed by atoms with Crippen LogP contribution in [0.25, 0.3) is 6.08 Å². The number of thioether (sulfide) groups is 1. The Kier molecular flexibility index (Phi) is 4.49. The van der Waals surface area contributed by atoms with Gasteiger partial charge in [-0.25, -0.2) is 0 Å². The molecule has 2 heterocycles. The number of carbonyl (C=O) groups is 1. The number of aryl methyl sites for hydroxylation is 1. The van der Waals surface area contributed by atoms with Crippen molar-refractivity contribution in [3.05, 3.63) is 43.7 Å². The molecule has 1 fully saturated rings. The Balaban J connectivity index is 1.85. The van der Waals surface area contributed by atoms with Crippen molar-refractivity contribution in [3.8, 4) is 0 Å². The number of aromatic nitrogens is 2. The zero-order valence-corrected chi connectivity index (χ0v) is 14.3. The number of benzene rings is 1. The van der Waals surface area contributed by atoms with Crippen molar-refractivity contribution in [2.45, 2.75) is 6.92 Å². The van der Waals surface area contributed by atoms with Crippen LogP contribution in [0.2, 0.25) is 10.0 Å². The lowest BCUT2D eigenvalue weighted by Gasteiger charge is -1.99. The first-order valence-electron chi connectivity index (χ1n) is 6.06. The number of nitrogens with one attached hydrogen (secondary N) is 1. The van der Waals surface area contributed by atoms with Gasteiger partial charge in [0.15, 0.2) is 5.17 Å². The molecule has 3 rings (SSSR count). The summed E-state index contributed by atoms with van der Waals surface area (Å²) >= 11 is 14.5. The summed E-state index contributed by atoms with van der Waals surface area (Å²) in [7, 11) is 0. The molecule has 1 N–H and O–H groups in total. The van der Waals surface area contributed by atoms with E-state index in [1.54, 1.807) is 24.3 Å². The van der Waals surface area contributed by atoms with Crippen LogP contribution in [-0.2, 0) is 4.79 Å². The van der Waals surface area contributed by atoms with Gasteiger partial charge in [-0.05, 0) is 42.5 Å². The molecule has 1 aliphatic heterocycles. The molecule has 0 spiro atoms. The molecule has 0 radical (unpaired) electrons. The van der Waals surface area contributed by atoms with Crippen LogP contribution >= 0.6 is 46.3 Å². The smallest absolute Gasteiger partial charge is 0.264 e. The van der Waals surface area contributed by atoms with E-state index < -0.39 is 0 Å². The van der Waals surface area contributed by atoms with E-state index in [1.165, 1.54) is 23.1 Å². The summed E-state index contributed by atoms with van der Waals surface area (Å²) < 4.78 is 0. The van der Waals surface area contributed by atoms with Gasteiger partial charge >= 0.3 is 0 Å². The highest BCUT2D eigenvalue weighted by Crippen LogP contribution is 2.31. The Morgan fingerprint density at radius 1 is 1.32 bits per heavy atom. The molecule has 0 bridgehead atoms. The van der Waals surface area contributed by atoms with Gasteiger partial charge in [-0.1, -0.05) is 40.6 Å². The van der Waals surface area contributed by atoms with E-state index in [0.717, 1.165) is 10.6 Å². The molecular weight excluding hydrogens is 363 g/mol. The fraction of sp³-hybridized carbons (Fsp3) is 0.0769. The molecule has 0 unspecified atom stereocenters. The number of hydrogen-bond donors (Lipinski definition) is 1. The van der Waals surface area contributed by atoms with Crippen LogP contribution in [0.15, 0.2) is 28.1 Å².